The van der Waals surface area contributed by atoms with E-state index in [0.717, 1.165) is 11.6 Å². The fourth-order valence-electron chi connectivity index (χ4n) is 3.35. The Bertz CT molecular complexity index is 982. The molecule has 1 N–H and O–H groups in total. The number of hydrogen-bond acceptors (Lipinski definition) is 4. The lowest BCUT2D eigenvalue weighted by atomic mass is 9.89. The van der Waals surface area contributed by atoms with E-state index in [4.69, 9.17) is 27.9 Å². The summed E-state index contributed by atoms with van der Waals surface area (Å²) in [5.74, 6) is -1.47. The van der Waals surface area contributed by atoms with Crippen LogP contribution in [0.4, 0.5) is 5.69 Å². The van der Waals surface area contributed by atoms with Gasteiger partial charge < -0.3 is 14.7 Å². The SMILES string of the molecule is CCOC(=O)C=CC(=O)N(CC(C)(C)C)c1ccc(Cl)cc1C(CO)c1ccccc1Cl. The third kappa shape index (κ3) is 7.09. The van der Waals surface area contributed by atoms with Gasteiger partial charge in [-0.25, -0.2) is 4.79 Å². The van der Waals surface area contributed by atoms with Gasteiger partial charge in [0.1, 0.15) is 0 Å². The zero-order chi connectivity index (χ0) is 23.9. The maximum Gasteiger partial charge on any atom is 0.330 e. The van der Waals surface area contributed by atoms with E-state index in [1.54, 1.807) is 36.1 Å². The van der Waals surface area contributed by atoms with Crippen LogP contribution in [0.25, 0.3) is 0 Å². The molecule has 0 spiro atoms. The summed E-state index contributed by atoms with van der Waals surface area (Å²) in [6, 6.07) is 12.4. The summed E-state index contributed by atoms with van der Waals surface area (Å²) in [4.78, 5) is 26.5. The monoisotopic (exact) mass is 477 g/mol. The van der Waals surface area contributed by atoms with Crippen molar-refractivity contribution >= 4 is 40.8 Å². The average Bonchev–Trinajstić information content (AvgIpc) is 2.72. The van der Waals surface area contributed by atoms with E-state index >= 15 is 0 Å². The van der Waals surface area contributed by atoms with Crippen LogP contribution in [-0.4, -0.2) is 36.7 Å². The molecule has 0 fully saturated rings. The van der Waals surface area contributed by atoms with E-state index in [-0.39, 0.29) is 24.5 Å². The predicted molar refractivity (Wildman–Crippen MR) is 129 cm³/mol. The first-order valence-corrected chi connectivity index (χ1v) is 11.1. The number of nitrogens with zero attached hydrogens (tertiary/aromatic N) is 1. The molecular formula is C25H29Cl2NO4. The molecule has 2 aromatic carbocycles. The van der Waals surface area contributed by atoms with Crippen LogP contribution in [0.3, 0.4) is 0 Å². The lowest BCUT2D eigenvalue weighted by Gasteiger charge is -2.32. The van der Waals surface area contributed by atoms with Gasteiger partial charge in [0, 0.05) is 40.3 Å². The van der Waals surface area contributed by atoms with Crippen LogP contribution in [0.15, 0.2) is 54.6 Å². The number of anilines is 1. The van der Waals surface area contributed by atoms with E-state index in [9.17, 15) is 14.7 Å². The van der Waals surface area contributed by atoms with Gasteiger partial charge in [-0.2, -0.15) is 0 Å². The maximum atomic E-state index is 13.2. The summed E-state index contributed by atoms with van der Waals surface area (Å²) < 4.78 is 4.88. The van der Waals surface area contributed by atoms with Crippen molar-refractivity contribution in [1.82, 2.24) is 0 Å². The molecule has 0 aliphatic heterocycles. The second-order valence-corrected chi connectivity index (χ2v) is 9.37. The number of carbonyl (C=O) groups is 2. The van der Waals surface area contributed by atoms with Crippen molar-refractivity contribution in [3.63, 3.8) is 0 Å². The lowest BCUT2D eigenvalue weighted by Crippen LogP contribution is -2.38. The van der Waals surface area contributed by atoms with Crippen LogP contribution in [-0.2, 0) is 14.3 Å². The van der Waals surface area contributed by atoms with Crippen LogP contribution in [0.1, 0.15) is 44.7 Å². The van der Waals surface area contributed by atoms with Gasteiger partial charge in [-0.1, -0.05) is 62.2 Å². The topological polar surface area (TPSA) is 66.8 Å². The highest BCUT2D eigenvalue weighted by Gasteiger charge is 2.27. The van der Waals surface area contributed by atoms with Gasteiger partial charge in [0.2, 0.25) is 0 Å². The van der Waals surface area contributed by atoms with Crippen LogP contribution in [0.5, 0.6) is 0 Å². The molecule has 0 saturated heterocycles. The Labute approximate surface area is 199 Å². The summed E-state index contributed by atoms with van der Waals surface area (Å²) in [6.07, 6.45) is 2.32. The van der Waals surface area contributed by atoms with E-state index < -0.39 is 11.9 Å². The molecule has 5 nitrogen and oxygen atoms in total. The number of esters is 1. The van der Waals surface area contributed by atoms with Crippen LogP contribution < -0.4 is 4.90 Å². The van der Waals surface area contributed by atoms with Gasteiger partial charge >= 0.3 is 5.97 Å². The van der Waals surface area contributed by atoms with Crippen molar-refractivity contribution in [2.75, 3.05) is 24.7 Å². The fourth-order valence-corrected chi connectivity index (χ4v) is 3.80. The molecule has 0 saturated carbocycles. The number of benzene rings is 2. The molecule has 0 radical (unpaired) electrons. The van der Waals surface area contributed by atoms with Crippen molar-refractivity contribution in [2.45, 2.75) is 33.6 Å². The lowest BCUT2D eigenvalue weighted by molar-refractivity contribution is -0.137. The highest BCUT2D eigenvalue weighted by molar-refractivity contribution is 6.31. The fraction of sp³-hybridized carbons (Fsp3) is 0.360. The van der Waals surface area contributed by atoms with Gasteiger partial charge in [0.15, 0.2) is 0 Å². The Hall–Kier alpha value is -2.34. The Kier molecular flexibility index (Phi) is 9.32. The second kappa shape index (κ2) is 11.5. The number of aliphatic hydroxyl groups is 1. The summed E-state index contributed by atoms with van der Waals surface area (Å²) >= 11 is 12.7. The summed E-state index contributed by atoms with van der Waals surface area (Å²) in [5.41, 5.74) is 1.73. The molecule has 32 heavy (non-hydrogen) atoms. The molecule has 1 amide bonds. The van der Waals surface area contributed by atoms with Crippen molar-refractivity contribution in [1.29, 1.82) is 0 Å². The molecule has 172 valence electrons. The quantitative estimate of drug-likeness (QED) is 0.395. The number of carbonyl (C=O) groups excluding carboxylic acids is 2. The number of hydrogen-bond donors (Lipinski definition) is 1. The molecule has 1 atom stereocenters. The minimum absolute atomic E-state index is 0.223. The average molecular weight is 478 g/mol. The standard InChI is InChI=1S/C25H29Cl2NO4/c1-5-32-24(31)13-12-23(30)28(16-25(2,3)4)22-11-10-17(26)14-19(22)20(15-29)18-8-6-7-9-21(18)27/h6-14,20,29H,5,15-16H2,1-4H3. The molecule has 0 aliphatic rings. The molecule has 2 aromatic rings. The van der Waals surface area contributed by atoms with Crippen molar-refractivity contribution < 1.29 is 19.4 Å². The maximum absolute atomic E-state index is 13.2. The van der Waals surface area contributed by atoms with Crippen molar-refractivity contribution in [2.24, 2.45) is 5.41 Å². The van der Waals surface area contributed by atoms with E-state index in [1.165, 1.54) is 6.08 Å². The van der Waals surface area contributed by atoms with Gasteiger partial charge in [0.25, 0.3) is 5.91 Å². The van der Waals surface area contributed by atoms with E-state index in [2.05, 4.69) is 0 Å². The van der Waals surface area contributed by atoms with Crippen LogP contribution in [0, 0.1) is 5.41 Å². The van der Waals surface area contributed by atoms with Crippen molar-refractivity contribution in [3.05, 3.63) is 75.8 Å². The third-order valence-electron chi connectivity index (χ3n) is 4.67. The summed E-state index contributed by atoms with van der Waals surface area (Å²) in [7, 11) is 0. The highest BCUT2D eigenvalue weighted by atomic mass is 35.5. The van der Waals surface area contributed by atoms with Gasteiger partial charge in [-0.05, 0) is 47.7 Å². The highest BCUT2D eigenvalue weighted by Crippen LogP contribution is 2.38. The number of rotatable bonds is 8. The minimum atomic E-state index is -0.586. The molecule has 0 aromatic heterocycles. The van der Waals surface area contributed by atoms with Gasteiger partial charge in [-0.15, -0.1) is 0 Å². The molecular weight excluding hydrogens is 449 g/mol. The first-order valence-electron chi connectivity index (χ1n) is 10.4. The first-order chi connectivity index (χ1) is 15.1. The Balaban J connectivity index is 2.60. The number of ether oxygens (including phenoxy) is 1. The van der Waals surface area contributed by atoms with Gasteiger partial charge in [0.05, 0.1) is 13.2 Å². The van der Waals surface area contributed by atoms with Gasteiger partial charge in [-0.3, -0.25) is 4.79 Å². The van der Waals surface area contributed by atoms with Crippen LogP contribution >= 0.6 is 23.2 Å². The molecule has 2 rings (SSSR count). The third-order valence-corrected chi connectivity index (χ3v) is 5.25. The zero-order valence-corrected chi connectivity index (χ0v) is 20.3. The summed E-state index contributed by atoms with van der Waals surface area (Å²) in [5, 5.41) is 11.3. The normalized spacial score (nSPS) is 12.6. The second-order valence-electron chi connectivity index (χ2n) is 8.53. The van der Waals surface area contributed by atoms with E-state index in [0.29, 0.717) is 27.8 Å². The first kappa shape index (κ1) is 25.9. The number of halogens is 2. The molecule has 1 unspecified atom stereocenters. The zero-order valence-electron chi connectivity index (χ0n) is 18.8. The Morgan fingerprint density at radius 3 is 2.38 bits per heavy atom. The summed E-state index contributed by atoms with van der Waals surface area (Å²) in [6.45, 7) is 8.09. The molecule has 0 bridgehead atoms. The van der Waals surface area contributed by atoms with Crippen molar-refractivity contribution in [3.8, 4) is 0 Å². The Morgan fingerprint density at radius 2 is 1.78 bits per heavy atom. The largest absolute Gasteiger partial charge is 0.463 e. The molecule has 0 aliphatic carbocycles. The number of aliphatic hydroxyl groups excluding tert-OH is 1. The molecule has 0 heterocycles. The Morgan fingerprint density at radius 1 is 1.09 bits per heavy atom. The minimum Gasteiger partial charge on any atom is -0.463 e. The smallest absolute Gasteiger partial charge is 0.330 e. The predicted octanol–water partition coefficient (Wildman–Crippen LogP) is 5.62. The van der Waals surface area contributed by atoms with E-state index in [1.807, 2.05) is 39.0 Å². The number of amides is 1. The van der Waals surface area contributed by atoms with Crippen LogP contribution in [0.2, 0.25) is 10.0 Å². The molecule has 7 heteroatoms.